The van der Waals surface area contributed by atoms with Crippen LogP contribution in [-0.2, 0) is 6.54 Å². The first-order chi connectivity index (χ1) is 8.50. The summed E-state index contributed by atoms with van der Waals surface area (Å²) < 4.78 is 0. The van der Waals surface area contributed by atoms with E-state index in [1.165, 1.54) is 4.88 Å². The molecule has 3 heteroatoms. The van der Waals surface area contributed by atoms with Gasteiger partial charge in [-0.2, -0.15) is 0 Å². The molecule has 0 radical (unpaired) electrons. The van der Waals surface area contributed by atoms with Crippen LogP contribution in [-0.4, -0.2) is 30.1 Å². The van der Waals surface area contributed by atoms with Gasteiger partial charge in [0.25, 0.3) is 0 Å². The van der Waals surface area contributed by atoms with Crippen molar-refractivity contribution in [2.75, 3.05) is 13.1 Å². The summed E-state index contributed by atoms with van der Waals surface area (Å²) in [5.41, 5.74) is 0. The van der Waals surface area contributed by atoms with Crippen molar-refractivity contribution in [3.8, 4) is 0 Å². The highest BCUT2D eigenvalue weighted by atomic mass is 32.1. The molecule has 0 amide bonds. The molecular weight excluding hydrogens is 240 g/mol. The highest BCUT2D eigenvalue weighted by molar-refractivity contribution is 7.09. The molecule has 0 spiro atoms. The Kier molecular flexibility index (Phi) is 6.90. The van der Waals surface area contributed by atoms with Crippen molar-refractivity contribution in [3.05, 3.63) is 22.4 Å². The van der Waals surface area contributed by atoms with Gasteiger partial charge in [0.1, 0.15) is 0 Å². The van der Waals surface area contributed by atoms with Gasteiger partial charge in [0.2, 0.25) is 0 Å². The van der Waals surface area contributed by atoms with E-state index in [0.717, 1.165) is 25.6 Å². The predicted octanol–water partition coefficient (Wildman–Crippen LogP) is 3.59. The summed E-state index contributed by atoms with van der Waals surface area (Å²) in [6, 6.07) is 5.53. The average molecular weight is 268 g/mol. The van der Waals surface area contributed by atoms with Crippen LogP contribution in [0.15, 0.2) is 17.5 Å². The lowest BCUT2D eigenvalue weighted by Crippen LogP contribution is -2.44. The molecule has 104 valence electrons. The molecule has 0 saturated heterocycles. The van der Waals surface area contributed by atoms with E-state index in [1.54, 1.807) is 0 Å². The molecule has 1 rings (SSSR count). The summed E-state index contributed by atoms with van der Waals surface area (Å²) in [4.78, 5) is 4.03. The monoisotopic (exact) mass is 268 g/mol. The van der Waals surface area contributed by atoms with Gasteiger partial charge in [-0.1, -0.05) is 19.9 Å². The Morgan fingerprint density at radius 1 is 1.17 bits per heavy atom. The van der Waals surface area contributed by atoms with Gasteiger partial charge in [-0.3, -0.25) is 4.90 Å². The smallest absolute Gasteiger partial charge is 0.0333 e. The zero-order valence-corrected chi connectivity index (χ0v) is 13.3. The van der Waals surface area contributed by atoms with Crippen LogP contribution in [0.3, 0.4) is 0 Å². The van der Waals surface area contributed by atoms with Crippen LogP contribution in [0.4, 0.5) is 0 Å². The molecule has 0 saturated carbocycles. The fraction of sp³-hybridized carbons (Fsp3) is 0.733. The Morgan fingerprint density at radius 3 is 2.39 bits per heavy atom. The van der Waals surface area contributed by atoms with E-state index in [1.807, 2.05) is 11.3 Å². The summed E-state index contributed by atoms with van der Waals surface area (Å²) in [6.07, 6.45) is 0. The van der Waals surface area contributed by atoms with Crippen LogP contribution in [0.25, 0.3) is 0 Å². The molecule has 0 aliphatic heterocycles. The maximum atomic E-state index is 3.56. The molecule has 1 unspecified atom stereocenters. The maximum Gasteiger partial charge on any atom is 0.0333 e. The minimum absolute atomic E-state index is 0.575. The van der Waals surface area contributed by atoms with Crippen LogP contribution in [0, 0.1) is 5.92 Å². The molecule has 0 aromatic carbocycles. The second kappa shape index (κ2) is 7.93. The lowest BCUT2D eigenvalue weighted by atomic mass is 10.2. The summed E-state index contributed by atoms with van der Waals surface area (Å²) in [5, 5.41) is 5.72. The van der Waals surface area contributed by atoms with Crippen LogP contribution in [0.2, 0.25) is 0 Å². The largest absolute Gasteiger partial charge is 0.315 e. The molecule has 18 heavy (non-hydrogen) atoms. The van der Waals surface area contributed by atoms with E-state index in [2.05, 4.69) is 62.3 Å². The topological polar surface area (TPSA) is 15.3 Å². The van der Waals surface area contributed by atoms with E-state index >= 15 is 0 Å². The summed E-state index contributed by atoms with van der Waals surface area (Å²) >= 11 is 1.85. The fourth-order valence-corrected chi connectivity index (χ4v) is 2.84. The predicted molar refractivity (Wildman–Crippen MR) is 82.2 cm³/mol. The van der Waals surface area contributed by atoms with Crippen molar-refractivity contribution in [1.29, 1.82) is 0 Å². The van der Waals surface area contributed by atoms with Gasteiger partial charge in [-0.15, -0.1) is 11.3 Å². The SMILES string of the molecule is CC(C)CNCC(C)N(Cc1cccs1)C(C)C. The number of rotatable bonds is 8. The second-order valence-electron chi connectivity index (χ2n) is 5.75. The van der Waals surface area contributed by atoms with Gasteiger partial charge in [0.05, 0.1) is 0 Å². The first-order valence-electron chi connectivity index (χ1n) is 6.99. The highest BCUT2D eigenvalue weighted by Crippen LogP contribution is 2.16. The molecule has 1 atom stereocenters. The van der Waals surface area contributed by atoms with Gasteiger partial charge in [-0.25, -0.2) is 0 Å². The Hall–Kier alpha value is -0.380. The van der Waals surface area contributed by atoms with Gasteiger partial charge >= 0.3 is 0 Å². The van der Waals surface area contributed by atoms with E-state index in [-0.39, 0.29) is 0 Å². The van der Waals surface area contributed by atoms with Crippen molar-refractivity contribution < 1.29 is 0 Å². The summed E-state index contributed by atoms with van der Waals surface area (Å²) in [5.74, 6) is 0.724. The number of nitrogens with one attached hydrogen (secondary N) is 1. The van der Waals surface area contributed by atoms with Crippen LogP contribution < -0.4 is 5.32 Å². The lowest BCUT2D eigenvalue weighted by molar-refractivity contribution is 0.153. The molecule has 1 aromatic heterocycles. The number of thiophene rings is 1. The van der Waals surface area contributed by atoms with Crippen molar-refractivity contribution in [2.45, 2.75) is 53.2 Å². The first-order valence-corrected chi connectivity index (χ1v) is 7.87. The number of nitrogens with zero attached hydrogens (tertiary/aromatic N) is 1. The highest BCUT2D eigenvalue weighted by Gasteiger charge is 2.17. The molecule has 1 aromatic rings. The quantitative estimate of drug-likeness (QED) is 0.775. The van der Waals surface area contributed by atoms with Crippen molar-refractivity contribution >= 4 is 11.3 Å². The van der Waals surface area contributed by atoms with Gasteiger partial charge in [0, 0.05) is 30.1 Å². The number of hydrogen-bond acceptors (Lipinski definition) is 3. The fourth-order valence-electron chi connectivity index (χ4n) is 2.13. The summed E-state index contributed by atoms with van der Waals surface area (Å²) in [6.45, 7) is 14.6. The van der Waals surface area contributed by atoms with Crippen molar-refractivity contribution in [1.82, 2.24) is 10.2 Å². The molecule has 0 aliphatic carbocycles. The van der Waals surface area contributed by atoms with Crippen molar-refractivity contribution in [2.24, 2.45) is 5.92 Å². The van der Waals surface area contributed by atoms with E-state index in [4.69, 9.17) is 0 Å². The standard InChI is InChI=1S/C15H28N2S/c1-12(2)9-16-10-14(5)17(13(3)4)11-15-7-6-8-18-15/h6-8,12-14,16H,9-11H2,1-5H3. The van der Waals surface area contributed by atoms with E-state index in [0.29, 0.717) is 12.1 Å². The Labute approximate surface area is 116 Å². The van der Waals surface area contributed by atoms with E-state index in [9.17, 15) is 0 Å². The Morgan fingerprint density at radius 2 is 1.89 bits per heavy atom. The minimum Gasteiger partial charge on any atom is -0.315 e. The first kappa shape index (κ1) is 15.7. The molecule has 0 fully saturated rings. The molecule has 0 bridgehead atoms. The molecule has 1 N–H and O–H groups in total. The minimum atomic E-state index is 0.575. The number of hydrogen-bond donors (Lipinski definition) is 1. The molecular formula is C15H28N2S. The van der Waals surface area contributed by atoms with Crippen LogP contribution in [0.1, 0.15) is 39.5 Å². The third kappa shape index (κ3) is 5.51. The zero-order chi connectivity index (χ0) is 13.5. The Bertz CT molecular complexity index is 306. The van der Waals surface area contributed by atoms with Gasteiger partial charge in [-0.05, 0) is 44.7 Å². The normalized spacial score (nSPS) is 13.8. The van der Waals surface area contributed by atoms with Crippen LogP contribution >= 0.6 is 11.3 Å². The van der Waals surface area contributed by atoms with E-state index < -0.39 is 0 Å². The van der Waals surface area contributed by atoms with Crippen LogP contribution in [0.5, 0.6) is 0 Å². The molecule has 2 nitrogen and oxygen atoms in total. The maximum absolute atomic E-state index is 3.56. The van der Waals surface area contributed by atoms with Crippen molar-refractivity contribution in [3.63, 3.8) is 0 Å². The molecule has 0 aliphatic rings. The zero-order valence-electron chi connectivity index (χ0n) is 12.4. The molecule has 1 heterocycles. The second-order valence-corrected chi connectivity index (χ2v) is 6.78. The lowest BCUT2D eigenvalue weighted by Gasteiger charge is -2.32. The summed E-state index contributed by atoms with van der Waals surface area (Å²) in [7, 11) is 0. The Balaban J connectivity index is 2.45. The third-order valence-corrected chi connectivity index (χ3v) is 4.00. The third-order valence-electron chi connectivity index (χ3n) is 3.14. The average Bonchev–Trinajstić information content (AvgIpc) is 2.77. The van der Waals surface area contributed by atoms with Gasteiger partial charge in [0.15, 0.2) is 0 Å². The van der Waals surface area contributed by atoms with Gasteiger partial charge < -0.3 is 5.32 Å².